The van der Waals surface area contributed by atoms with E-state index in [9.17, 15) is 10.5 Å². The molecule has 11 rings (SSSR count). The summed E-state index contributed by atoms with van der Waals surface area (Å²) in [7, 11) is 0. The average molecular weight is 858 g/mol. The molecule has 7 heteroatoms. The summed E-state index contributed by atoms with van der Waals surface area (Å²) in [5.74, 6) is 0.541. The smallest absolute Gasteiger partial charge is 0.160 e. The van der Waals surface area contributed by atoms with Crippen LogP contribution in [0.3, 0.4) is 0 Å². The van der Waals surface area contributed by atoms with Crippen molar-refractivity contribution >= 4 is 55.9 Å². The van der Waals surface area contributed by atoms with Gasteiger partial charge in [0.2, 0.25) is 0 Å². The van der Waals surface area contributed by atoms with E-state index < -0.39 is 0 Å². The molecule has 2 heterocycles. The molecule has 0 bridgehead atoms. The van der Waals surface area contributed by atoms with Gasteiger partial charge in [-0.2, -0.15) is 10.5 Å². The van der Waals surface area contributed by atoms with E-state index in [0.717, 1.165) is 89.7 Å². The highest BCUT2D eigenvalue weighted by Gasteiger charge is 2.20. The topological polar surface area (TPSA) is 84.8 Å². The Morgan fingerprint density at radius 3 is 1.07 bits per heavy atom. The monoisotopic (exact) mass is 857 g/mol. The third kappa shape index (κ3) is 7.80. The lowest BCUT2D eigenvalue weighted by Crippen LogP contribution is -2.09. The van der Waals surface area contributed by atoms with Crippen LogP contribution in [0.4, 0.5) is 34.1 Å². The first-order valence-corrected chi connectivity index (χ1v) is 22.0. The highest BCUT2D eigenvalue weighted by atomic mass is 15.1. The van der Waals surface area contributed by atoms with E-state index >= 15 is 0 Å². The molecule has 0 N–H and O–H groups in total. The van der Waals surface area contributed by atoms with Crippen LogP contribution in [0.5, 0.6) is 0 Å². The van der Waals surface area contributed by atoms with Gasteiger partial charge in [-0.3, -0.25) is 0 Å². The molecule has 0 saturated carbocycles. The van der Waals surface area contributed by atoms with Gasteiger partial charge in [0.05, 0.1) is 45.7 Å². The van der Waals surface area contributed by atoms with Crippen molar-refractivity contribution in [1.29, 1.82) is 10.5 Å². The van der Waals surface area contributed by atoms with Crippen LogP contribution in [0, 0.1) is 22.7 Å². The maximum absolute atomic E-state index is 9.47. The number of rotatable bonds is 10. The fourth-order valence-electron chi connectivity index (χ4n) is 8.82. The van der Waals surface area contributed by atoms with Crippen molar-refractivity contribution in [3.05, 3.63) is 248 Å². The van der Waals surface area contributed by atoms with Gasteiger partial charge in [0.25, 0.3) is 0 Å². The standard InChI is InChI=1S/C60H39N7/c61-40-42-21-25-44(26-22-42)56-39-57(64-60(63-56)46-27-23-43(41-62)24-28-46)45-29-31-51(32-30-45)67-58-35-33-52(65(47-13-5-1-6-14-47)48-15-7-2-8-16-48)37-54(58)55-38-53(34-36-59(55)67)66(49-17-9-3-10-18-49)50-19-11-4-12-20-50/h1-39H. The molecule has 0 aliphatic heterocycles. The third-order valence-electron chi connectivity index (χ3n) is 12.0. The number of para-hydroxylation sites is 4. The van der Waals surface area contributed by atoms with Crippen LogP contribution in [0.2, 0.25) is 0 Å². The second kappa shape index (κ2) is 17.5. The van der Waals surface area contributed by atoms with E-state index in [1.54, 1.807) is 24.3 Å². The Morgan fingerprint density at radius 1 is 0.343 bits per heavy atom. The van der Waals surface area contributed by atoms with Crippen LogP contribution in [-0.2, 0) is 0 Å². The number of hydrogen-bond donors (Lipinski definition) is 0. The lowest BCUT2D eigenvalue weighted by atomic mass is 10.0. The van der Waals surface area contributed by atoms with Crippen LogP contribution in [0.25, 0.3) is 61.4 Å². The molecule has 0 unspecified atom stereocenters. The van der Waals surface area contributed by atoms with Crippen LogP contribution in [-0.4, -0.2) is 14.5 Å². The Balaban J connectivity index is 1.08. The third-order valence-corrected chi connectivity index (χ3v) is 12.0. The van der Waals surface area contributed by atoms with Crippen LogP contribution in [0.15, 0.2) is 237 Å². The van der Waals surface area contributed by atoms with Gasteiger partial charge in [0.1, 0.15) is 0 Å². The zero-order valence-corrected chi connectivity index (χ0v) is 36.1. The Labute approximate surface area is 388 Å². The van der Waals surface area contributed by atoms with Gasteiger partial charge in [0, 0.05) is 67.3 Å². The molecule has 0 saturated heterocycles. The number of nitrogens with zero attached hydrogens (tertiary/aromatic N) is 7. The number of benzene rings is 9. The van der Waals surface area contributed by atoms with Gasteiger partial charge >= 0.3 is 0 Å². The number of nitriles is 2. The summed E-state index contributed by atoms with van der Waals surface area (Å²) in [5, 5.41) is 21.2. The van der Waals surface area contributed by atoms with Crippen LogP contribution >= 0.6 is 0 Å². The minimum Gasteiger partial charge on any atom is -0.310 e. The van der Waals surface area contributed by atoms with Gasteiger partial charge in [-0.1, -0.05) is 97.1 Å². The molecule has 0 amide bonds. The second-order valence-corrected chi connectivity index (χ2v) is 16.1. The van der Waals surface area contributed by atoms with Crippen molar-refractivity contribution in [2.75, 3.05) is 9.80 Å². The van der Waals surface area contributed by atoms with Crippen molar-refractivity contribution in [1.82, 2.24) is 14.5 Å². The molecule has 0 fully saturated rings. The van der Waals surface area contributed by atoms with E-state index in [1.165, 1.54) is 0 Å². The van der Waals surface area contributed by atoms with E-state index in [4.69, 9.17) is 9.97 Å². The minimum absolute atomic E-state index is 0.541. The van der Waals surface area contributed by atoms with Crippen molar-refractivity contribution < 1.29 is 0 Å². The summed E-state index contributed by atoms with van der Waals surface area (Å²) in [6.07, 6.45) is 0. The van der Waals surface area contributed by atoms with Crippen molar-refractivity contribution in [2.45, 2.75) is 0 Å². The predicted octanol–water partition coefficient (Wildman–Crippen LogP) is 15.3. The summed E-state index contributed by atoms with van der Waals surface area (Å²) in [5.41, 5.74) is 14.7. The van der Waals surface area contributed by atoms with Crippen molar-refractivity contribution in [3.8, 4) is 51.7 Å². The van der Waals surface area contributed by atoms with Crippen molar-refractivity contribution in [3.63, 3.8) is 0 Å². The number of hydrogen-bond acceptors (Lipinski definition) is 6. The molecule has 0 atom stereocenters. The molecule has 0 aliphatic rings. The molecule has 0 spiro atoms. The minimum atomic E-state index is 0.541. The van der Waals surface area contributed by atoms with Gasteiger partial charge in [0.15, 0.2) is 5.82 Å². The molecule has 0 aliphatic carbocycles. The van der Waals surface area contributed by atoms with Gasteiger partial charge in [-0.05, 0) is 140 Å². The fraction of sp³-hybridized carbons (Fsp3) is 0. The first-order valence-electron chi connectivity index (χ1n) is 22.0. The summed E-state index contributed by atoms with van der Waals surface area (Å²) in [4.78, 5) is 14.6. The summed E-state index contributed by atoms with van der Waals surface area (Å²) >= 11 is 0. The van der Waals surface area contributed by atoms with Gasteiger partial charge in [-0.25, -0.2) is 9.97 Å². The van der Waals surface area contributed by atoms with Crippen LogP contribution in [0.1, 0.15) is 11.1 Å². The summed E-state index contributed by atoms with van der Waals surface area (Å²) in [6.45, 7) is 0. The summed E-state index contributed by atoms with van der Waals surface area (Å²) < 4.78 is 2.34. The lowest BCUT2D eigenvalue weighted by Gasteiger charge is -2.26. The average Bonchev–Trinajstić information content (AvgIpc) is 3.73. The highest BCUT2D eigenvalue weighted by molar-refractivity contribution is 6.12. The zero-order valence-electron chi connectivity index (χ0n) is 36.1. The quantitative estimate of drug-likeness (QED) is 0.136. The molecule has 11 aromatic rings. The van der Waals surface area contributed by atoms with E-state index in [2.05, 4.69) is 208 Å². The second-order valence-electron chi connectivity index (χ2n) is 16.1. The first kappa shape index (κ1) is 40.2. The molecule has 314 valence electrons. The molecule has 2 aromatic heterocycles. The number of anilines is 6. The largest absolute Gasteiger partial charge is 0.310 e. The molecule has 7 nitrogen and oxygen atoms in total. The van der Waals surface area contributed by atoms with Crippen molar-refractivity contribution in [2.24, 2.45) is 0 Å². The van der Waals surface area contributed by atoms with E-state index in [0.29, 0.717) is 17.0 Å². The Morgan fingerprint density at radius 2 is 0.701 bits per heavy atom. The molecule has 0 radical (unpaired) electrons. The highest BCUT2D eigenvalue weighted by Crippen LogP contribution is 2.43. The molecule has 9 aromatic carbocycles. The lowest BCUT2D eigenvalue weighted by molar-refractivity contribution is 1.17. The fourth-order valence-corrected chi connectivity index (χ4v) is 8.82. The predicted molar refractivity (Wildman–Crippen MR) is 271 cm³/mol. The maximum Gasteiger partial charge on any atom is 0.160 e. The Hall–Kier alpha value is -9.56. The SMILES string of the molecule is N#Cc1ccc(-c2cc(-c3ccc(-n4c5ccc(N(c6ccccc6)c6ccccc6)cc5c5cc(N(c6ccccc6)c6ccccc6)ccc54)cc3)nc(-c3ccc(C#N)cc3)n2)cc1. The Kier molecular flexibility index (Phi) is 10.5. The van der Waals surface area contributed by atoms with Gasteiger partial charge in [-0.15, -0.1) is 0 Å². The van der Waals surface area contributed by atoms with Gasteiger partial charge < -0.3 is 14.4 Å². The van der Waals surface area contributed by atoms with E-state index in [-0.39, 0.29) is 0 Å². The molecular formula is C60H39N7. The maximum atomic E-state index is 9.47. The van der Waals surface area contributed by atoms with E-state index in [1.807, 2.05) is 30.3 Å². The summed E-state index contributed by atoms with van der Waals surface area (Å²) in [6, 6.07) is 85.2. The molecule has 67 heavy (non-hydrogen) atoms. The molecular weight excluding hydrogens is 819 g/mol. The number of fused-ring (bicyclic) bond motifs is 3. The van der Waals surface area contributed by atoms with Crippen LogP contribution < -0.4 is 9.80 Å². The zero-order chi connectivity index (χ0) is 45.1. The normalized spacial score (nSPS) is 11.0. The Bertz CT molecular complexity index is 3320. The first-order chi connectivity index (χ1) is 33.1. The number of aromatic nitrogens is 3.